The van der Waals surface area contributed by atoms with Crippen LogP contribution in [0.4, 0.5) is 0 Å². The molecule has 0 saturated carbocycles. The van der Waals surface area contributed by atoms with E-state index in [0.29, 0.717) is 0 Å². The molecule has 22 heavy (non-hydrogen) atoms. The Bertz CT molecular complexity index is 592. The molecule has 0 N–H and O–H groups in total. The van der Waals surface area contributed by atoms with Gasteiger partial charge >= 0.3 is 0 Å². The first-order chi connectivity index (χ1) is 10.5. The van der Waals surface area contributed by atoms with Crippen molar-refractivity contribution >= 4 is 5.57 Å². The molecule has 118 valence electrons. The van der Waals surface area contributed by atoms with Crippen molar-refractivity contribution in [3.8, 4) is 0 Å². The third-order valence-electron chi connectivity index (χ3n) is 4.21. The summed E-state index contributed by atoms with van der Waals surface area (Å²) in [6.45, 7) is 13.2. The standard InChI is InChI=1S/C22H30/c1-7-17(4)15-18(5)19(6)20(8-2)16-21(9-3)22-13-11-10-12-14-22/h8,10-16H,7,9H2,1-6H3/b17-15+,19-18-,20-8-,21-16+. The highest BCUT2D eigenvalue weighted by atomic mass is 14.1. The molecular formula is C22H30. The Labute approximate surface area is 137 Å². The molecule has 0 aliphatic heterocycles. The first-order valence-corrected chi connectivity index (χ1v) is 8.30. The van der Waals surface area contributed by atoms with Gasteiger partial charge in [0.15, 0.2) is 0 Å². The zero-order valence-corrected chi connectivity index (χ0v) is 15.0. The molecule has 0 unspecified atom stereocenters. The van der Waals surface area contributed by atoms with Crippen LogP contribution in [0, 0.1) is 0 Å². The van der Waals surface area contributed by atoms with Crippen LogP contribution in [0.5, 0.6) is 0 Å². The van der Waals surface area contributed by atoms with Crippen molar-refractivity contribution in [2.45, 2.75) is 54.4 Å². The van der Waals surface area contributed by atoms with Crippen LogP contribution in [0.2, 0.25) is 0 Å². The van der Waals surface area contributed by atoms with Crippen molar-refractivity contribution in [3.63, 3.8) is 0 Å². The van der Waals surface area contributed by atoms with E-state index in [0.717, 1.165) is 12.8 Å². The van der Waals surface area contributed by atoms with Gasteiger partial charge in [-0.25, -0.2) is 0 Å². The second kappa shape index (κ2) is 9.25. The van der Waals surface area contributed by atoms with E-state index in [-0.39, 0.29) is 0 Å². The Morgan fingerprint density at radius 1 is 0.909 bits per heavy atom. The van der Waals surface area contributed by atoms with Crippen LogP contribution in [0.1, 0.15) is 59.9 Å². The van der Waals surface area contributed by atoms with Crippen LogP contribution < -0.4 is 0 Å². The molecule has 0 spiro atoms. The van der Waals surface area contributed by atoms with E-state index >= 15 is 0 Å². The number of hydrogen-bond acceptors (Lipinski definition) is 0. The van der Waals surface area contributed by atoms with E-state index in [1.807, 2.05) is 0 Å². The average molecular weight is 294 g/mol. The van der Waals surface area contributed by atoms with Crippen molar-refractivity contribution in [2.24, 2.45) is 0 Å². The fraction of sp³-hybridized carbons (Fsp3) is 0.364. The minimum Gasteiger partial charge on any atom is -0.0801 e. The molecule has 0 heterocycles. The summed E-state index contributed by atoms with van der Waals surface area (Å²) >= 11 is 0. The Balaban J connectivity index is 3.21. The topological polar surface area (TPSA) is 0 Å². The van der Waals surface area contributed by atoms with Gasteiger partial charge in [0, 0.05) is 0 Å². The Morgan fingerprint density at radius 2 is 1.55 bits per heavy atom. The first-order valence-electron chi connectivity index (χ1n) is 8.30. The average Bonchev–Trinajstić information content (AvgIpc) is 2.56. The largest absolute Gasteiger partial charge is 0.0801 e. The Hall–Kier alpha value is -1.82. The quantitative estimate of drug-likeness (QED) is 0.490. The molecular weight excluding hydrogens is 264 g/mol. The minimum atomic E-state index is 1.04. The third kappa shape index (κ3) is 5.18. The Morgan fingerprint density at radius 3 is 2.05 bits per heavy atom. The van der Waals surface area contributed by atoms with Crippen molar-refractivity contribution in [2.75, 3.05) is 0 Å². The van der Waals surface area contributed by atoms with Crippen molar-refractivity contribution < 1.29 is 0 Å². The zero-order chi connectivity index (χ0) is 16.5. The van der Waals surface area contributed by atoms with Gasteiger partial charge in [-0.2, -0.15) is 0 Å². The molecule has 0 aromatic heterocycles. The predicted octanol–water partition coefficient (Wildman–Crippen LogP) is 7.12. The number of allylic oxidation sites excluding steroid dienone is 8. The lowest BCUT2D eigenvalue weighted by Gasteiger charge is -2.11. The van der Waals surface area contributed by atoms with Crippen molar-refractivity contribution in [3.05, 3.63) is 76.4 Å². The molecule has 1 aromatic rings. The van der Waals surface area contributed by atoms with Gasteiger partial charge in [0.2, 0.25) is 0 Å². The van der Waals surface area contributed by atoms with Gasteiger partial charge in [0.1, 0.15) is 0 Å². The maximum absolute atomic E-state index is 2.34. The van der Waals surface area contributed by atoms with Crippen molar-refractivity contribution in [1.29, 1.82) is 0 Å². The molecule has 0 radical (unpaired) electrons. The van der Waals surface area contributed by atoms with Crippen LogP contribution in [0.25, 0.3) is 5.57 Å². The van der Waals surface area contributed by atoms with Gasteiger partial charge in [0.25, 0.3) is 0 Å². The summed E-state index contributed by atoms with van der Waals surface area (Å²) in [5, 5.41) is 0. The van der Waals surface area contributed by atoms with Crippen LogP contribution >= 0.6 is 0 Å². The SMILES string of the molecule is C/C=C(/C=C(\CC)c1ccccc1)C(\C)=C(C)/C=C(\C)CC. The molecule has 0 saturated heterocycles. The van der Waals surface area contributed by atoms with E-state index in [9.17, 15) is 0 Å². The summed E-state index contributed by atoms with van der Waals surface area (Å²) in [7, 11) is 0. The van der Waals surface area contributed by atoms with Gasteiger partial charge in [0.05, 0.1) is 0 Å². The van der Waals surface area contributed by atoms with Gasteiger partial charge < -0.3 is 0 Å². The smallest absolute Gasteiger partial charge is 0.0224 e. The highest BCUT2D eigenvalue weighted by molar-refractivity contribution is 5.69. The molecule has 0 amide bonds. The maximum Gasteiger partial charge on any atom is -0.0224 e. The Kier molecular flexibility index (Phi) is 7.66. The summed E-state index contributed by atoms with van der Waals surface area (Å²) in [5.74, 6) is 0. The highest BCUT2D eigenvalue weighted by Gasteiger charge is 2.04. The normalized spacial score (nSPS) is 14.9. The van der Waals surface area contributed by atoms with Gasteiger partial charge in [-0.15, -0.1) is 0 Å². The second-order valence-electron chi connectivity index (χ2n) is 5.79. The summed E-state index contributed by atoms with van der Waals surface area (Å²) in [5.41, 5.74) is 8.16. The van der Waals surface area contributed by atoms with Gasteiger partial charge in [-0.1, -0.05) is 68.0 Å². The molecule has 0 aliphatic carbocycles. The summed E-state index contributed by atoms with van der Waals surface area (Å²) in [4.78, 5) is 0. The minimum absolute atomic E-state index is 1.04. The lowest BCUT2D eigenvalue weighted by molar-refractivity contribution is 1.09. The fourth-order valence-corrected chi connectivity index (χ4v) is 2.45. The maximum atomic E-state index is 2.34. The molecule has 0 aliphatic rings. The van der Waals surface area contributed by atoms with E-state index in [1.54, 1.807) is 0 Å². The third-order valence-corrected chi connectivity index (χ3v) is 4.21. The summed E-state index contributed by atoms with van der Waals surface area (Å²) in [6.07, 6.45) is 9.00. The van der Waals surface area contributed by atoms with E-state index < -0.39 is 0 Å². The number of hydrogen-bond donors (Lipinski definition) is 0. The highest BCUT2D eigenvalue weighted by Crippen LogP contribution is 2.25. The molecule has 0 atom stereocenters. The van der Waals surface area contributed by atoms with E-state index in [4.69, 9.17) is 0 Å². The molecule has 0 bridgehead atoms. The van der Waals surface area contributed by atoms with Crippen LogP contribution in [-0.2, 0) is 0 Å². The molecule has 0 fully saturated rings. The summed E-state index contributed by atoms with van der Waals surface area (Å²) in [6, 6.07) is 10.7. The lowest BCUT2D eigenvalue weighted by Crippen LogP contribution is -1.90. The zero-order valence-electron chi connectivity index (χ0n) is 15.0. The van der Waals surface area contributed by atoms with Crippen LogP contribution in [0.15, 0.2) is 70.9 Å². The molecule has 0 heteroatoms. The summed E-state index contributed by atoms with van der Waals surface area (Å²) < 4.78 is 0. The van der Waals surface area contributed by atoms with E-state index in [2.05, 4.69) is 90.1 Å². The lowest BCUT2D eigenvalue weighted by atomic mass is 9.95. The van der Waals surface area contributed by atoms with Crippen LogP contribution in [0.3, 0.4) is 0 Å². The monoisotopic (exact) mass is 294 g/mol. The second-order valence-corrected chi connectivity index (χ2v) is 5.79. The van der Waals surface area contributed by atoms with Crippen LogP contribution in [-0.4, -0.2) is 0 Å². The molecule has 1 rings (SSSR count). The predicted molar refractivity (Wildman–Crippen MR) is 101 cm³/mol. The molecule has 0 nitrogen and oxygen atoms in total. The molecule has 1 aromatic carbocycles. The fourth-order valence-electron chi connectivity index (χ4n) is 2.45. The first kappa shape index (κ1) is 18.2. The number of rotatable bonds is 6. The van der Waals surface area contributed by atoms with Gasteiger partial charge in [-0.3, -0.25) is 0 Å². The number of benzene rings is 1. The van der Waals surface area contributed by atoms with E-state index in [1.165, 1.54) is 33.4 Å². The van der Waals surface area contributed by atoms with Crippen molar-refractivity contribution in [1.82, 2.24) is 0 Å². The van der Waals surface area contributed by atoms with Gasteiger partial charge in [-0.05, 0) is 68.4 Å².